The molecule has 1 aromatic carbocycles. The van der Waals surface area contributed by atoms with Gasteiger partial charge in [0.05, 0.1) is 5.69 Å². The number of rotatable bonds is 1. The van der Waals surface area contributed by atoms with Crippen molar-refractivity contribution < 1.29 is 0 Å². The van der Waals surface area contributed by atoms with Crippen LogP contribution in [0.2, 0.25) is 0 Å². The van der Waals surface area contributed by atoms with Crippen LogP contribution in [0.1, 0.15) is 5.56 Å². The number of hydrogen-bond donors (Lipinski definition) is 1. The summed E-state index contributed by atoms with van der Waals surface area (Å²) in [4.78, 5) is 0. The SMILES string of the molecule is Cc1cn(-c2ccccc2I)nc1N. The molecule has 0 unspecified atom stereocenters. The van der Waals surface area contributed by atoms with Gasteiger partial charge in [0, 0.05) is 15.3 Å². The molecule has 0 fully saturated rings. The van der Waals surface area contributed by atoms with Crippen LogP contribution >= 0.6 is 22.6 Å². The number of nitrogens with two attached hydrogens (primary N) is 1. The van der Waals surface area contributed by atoms with Gasteiger partial charge in [0.2, 0.25) is 0 Å². The first-order valence-electron chi connectivity index (χ1n) is 4.25. The van der Waals surface area contributed by atoms with Gasteiger partial charge in [-0.15, -0.1) is 0 Å². The molecule has 0 aliphatic rings. The van der Waals surface area contributed by atoms with Crippen LogP contribution in [-0.4, -0.2) is 9.78 Å². The highest BCUT2D eigenvalue weighted by molar-refractivity contribution is 14.1. The lowest BCUT2D eigenvalue weighted by Gasteiger charge is -2.02. The summed E-state index contributed by atoms with van der Waals surface area (Å²) >= 11 is 2.28. The van der Waals surface area contributed by atoms with E-state index in [1.807, 2.05) is 42.1 Å². The van der Waals surface area contributed by atoms with Gasteiger partial charge in [-0.2, -0.15) is 5.10 Å². The highest BCUT2D eigenvalue weighted by atomic mass is 127. The van der Waals surface area contributed by atoms with Crippen molar-refractivity contribution >= 4 is 28.4 Å². The average Bonchev–Trinajstić information content (AvgIpc) is 2.48. The molecule has 0 aliphatic carbocycles. The van der Waals surface area contributed by atoms with Gasteiger partial charge < -0.3 is 5.73 Å². The molecule has 0 amide bonds. The van der Waals surface area contributed by atoms with Crippen LogP contribution in [-0.2, 0) is 0 Å². The van der Waals surface area contributed by atoms with E-state index >= 15 is 0 Å². The molecule has 0 bridgehead atoms. The third-order valence-corrected chi connectivity index (χ3v) is 2.95. The number of anilines is 1. The Morgan fingerprint density at radius 1 is 1.36 bits per heavy atom. The largest absolute Gasteiger partial charge is 0.382 e. The second kappa shape index (κ2) is 3.61. The smallest absolute Gasteiger partial charge is 0.148 e. The molecule has 4 heteroatoms. The summed E-state index contributed by atoms with van der Waals surface area (Å²) in [5.74, 6) is 0.588. The Kier molecular flexibility index (Phi) is 2.45. The van der Waals surface area contributed by atoms with Crippen molar-refractivity contribution in [3.05, 3.63) is 39.6 Å². The summed E-state index contributed by atoms with van der Waals surface area (Å²) in [6.07, 6.45) is 1.94. The molecule has 0 saturated carbocycles. The van der Waals surface area contributed by atoms with Crippen molar-refractivity contribution in [2.75, 3.05) is 5.73 Å². The fourth-order valence-corrected chi connectivity index (χ4v) is 1.87. The van der Waals surface area contributed by atoms with Crippen LogP contribution in [0.5, 0.6) is 0 Å². The van der Waals surface area contributed by atoms with Crippen molar-refractivity contribution in [1.82, 2.24) is 9.78 Å². The number of aromatic nitrogens is 2. The summed E-state index contributed by atoms with van der Waals surface area (Å²) in [6, 6.07) is 8.06. The third-order valence-electron chi connectivity index (χ3n) is 2.03. The molecule has 1 heterocycles. The lowest BCUT2D eigenvalue weighted by Crippen LogP contribution is -1.98. The Balaban J connectivity index is 2.55. The number of benzene rings is 1. The molecule has 0 radical (unpaired) electrons. The lowest BCUT2D eigenvalue weighted by molar-refractivity contribution is 0.880. The van der Waals surface area contributed by atoms with E-state index in [2.05, 4.69) is 27.7 Å². The Morgan fingerprint density at radius 2 is 2.07 bits per heavy atom. The second-order valence-corrected chi connectivity index (χ2v) is 4.26. The fourth-order valence-electron chi connectivity index (χ4n) is 1.23. The minimum atomic E-state index is 0.588. The van der Waals surface area contributed by atoms with E-state index in [-0.39, 0.29) is 0 Å². The van der Waals surface area contributed by atoms with Crippen LogP contribution in [0, 0.1) is 10.5 Å². The molecule has 0 aliphatic heterocycles. The molecular formula is C10H10IN3. The van der Waals surface area contributed by atoms with Crippen LogP contribution < -0.4 is 5.73 Å². The summed E-state index contributed by atoms with van der Waals surface area (Å²) in [5.41, 5.74) is 7.76. The van der Waals surface area contributed by atoms with Gasteiger partial charge in [-0.25, -0.2) is 4.68 Å². The molecular weight excluding hydrogens is 289 g/mol. The Morgan fingerprint density at radius 3 is 2.64 bits per heavy atom. The van der Waals surface area contributed by atoms with E-state index in [9.17, 15) is 0 Å². The van der Waals surface area contributed by atoms with Gasteiger partial charge in [0.15, 0.2) is 0 Å². The first-order chi connectivity index (χ1) is 6.68. The number of hydrogen-bond acceptors (Lipinski definition) is 2. The molecule has 0 saturated heterocycles. The number of nitrogens with zero attached hydrogens (tertiary/aromatic N) is 2. The van der Waals surface area contributed by atoms with Crippen molar-refractivity contribution in [3.63, 3.8) is 0 Å². The second-order valence-electron chi connectivity index (χ2n) is 3.09. The maximum absolute atomic E-state index is 5.69. The number of nitrogen functional groups attached to an aromatic ring is 1. The number of para-hydroxylation sites is 1. The Hall–Kier alpha value is -1.04. The zero-order chi connectivity index (χ0) is 10.1. The van der Waals surface area contributed by atoms with E-state index in [0.717, 1.165) is 14.8 Å². The molecule has 0 atom stereocenters. The molecule has 0 spiro atoms. The van der Waals surface area contributed by atoms with Crippen LogP contribution in [0.4, 0.5) is 5.82 Å². The standard InChI is InChI=1S/C10H10IN3/c1-7-6-14(13-10(7)12)9-5-3-2-4-8(9)11/h2-6H,1H3,(H2,12,13). The van der Waals surface area contributed by atoms with Crippen molar-refractivity contribution in [3.8, 4) is 5.69 Å². The first kappa shape index (κ1) is 9.51. The van der Waals surface area contributed by atoms with Gasteiger partial charge >= 0.3 is 0 Å². The van der Waals surface area contributed by atoms with E-state index in [1.165, 1.54) is 0 Å². The maximum atomic E-state index is 5.69. The zero-order valence-electron chi connectivity index (χ0n) is 7.74. The fraction of sp³-hybridized carbons (Fsp3) is 0.100. The average molecular weight is 299 g/mol. The van der Waals surface area contributed by atoms with Crippen LogP contribution in [0.3, 0.4) is 0 Å². The van der Waals surface area contributed by atoms with Gasteiger partial charge in [-0.1, -0.05) is 12.1 Å². The highest BCUT2D eigenvalue weighted by Gasteiger charge is 2.04. The van der Waals surface area contributed by atoms with Crippen molar-refractivity contribution in [1.29, 1.82) is 0 Å². The lowest BCUT2D eigenvalue weighted by atomic mass is 10.3. The van der Waals surface area contributed by atoms with E-state index in [0.29, 0.717) is 5.82 Å². The molecule has 3 nitrogen and oxygen atoms in total. The first-order valence-corrected chi connectivity index (χ1v) is 5.33. The van der Waals surface area contributed by atoms with Crippen molar-refractivity contribution in [2.45, 2.75) is 6.92 Å². The minimum Gasteiger partial charge on any atom is -0.382 e. The maximum Gasteiger partial charge on any atom is 0.148 e. The van der Waals surface area contributed by atoms with Gasteiger partial charge in [-0.3, -0.25) is 0 Å². The summed E-state index contributed by atoms with van der Waals surface area (Å²) in [7, 11) is 0. The molecule has 2 N–H and O–H groups in total. The zero-order valence-corrected chi connectivity index (χ0v) is 9.89. The predicted molar refractivity (Wildman–Crippen MR) is 65.4 cm³/mol. The van der Waals surface area contributed by atoms with E-state index < -0.39 is 0 Å². The van der Waals surface area contributed by atoms with Gasteiger partial charge in [0.1, 0.15) is 5.82 Å². The summed E-state index contributed by atoms with van der Waals surface area (Å²) in [6.45, 7) is 1.95. The summed E-state index contributed by atoms with van der Waals surface area (Å²) in [5, 5.41) is 4.23. The normalized spacial score (nSPS) is 10.4. The van der Waals surface area contributed by atoms with E-state index in [1.54, 1.807) is 0 Å². The topological polar surface area (TPSA) is 43.8 Å². The molecule has 2 aromatic rings. The van der Waals surface area contributed by atoms with Gasteiger partial charge in [-0.05, 0) is 41.6 Å². The van der Waals surface area contributed by atoms with E-state index in [4.69, 9.17) is 5.73 Å². The molecule has 1 aromatic heterocycles. The van der Waals surface area contributed by atoms with Crippen LogP contribution in [0.15, 0.2) is 30.5 Å². The van der Waals surface area contributed by atoms with Crippen LogP contribution in [0.25, 0.3) is 5.69 Å². The van der Waals surface area contributed by atoms with Gasteiger partial charge in [0.25, 0.3) is 0 Å². The highest BCUT2D eigenvalue weighted by Crippen LogP contribution is 2.18. The minimum absolute atomic E-state index is 0.588. The quantitative estimate of drug-likeness (QED) is 0.822. The molecule has 72 valence electrons. The number of aryl methyl sites for hydroxylation is 1. The number of halogens is 1. The third kappa shape index (κ3) is 1.61. The molecule has 14 heavy (non-hydrogen) atoms. The van der Waals surface area contributed by atoms with Crippen molar-refractivity contribution in [2.24, 2.45) is 0 Å². The monoisotopic (exact) mass is 299 g/mol. The Labute approximate surface area is 96.1 Å². The Bertz CT molecular complexity index is 443. The summed E-state index contributed by atoms with van der Waals surface area (Å²) < 4.78 is 2.97. The predicted octanol–water partition coefficient (Wildman–Crippen LogP) is 2.37. The molecule has 2 rings (SSSR count).